The lowest BCUT2D eigenvalue weighted by Gasteiger charge is -2.20. The maximum absolute atomic E-state index is 5.34. The number of nitrogens with zero attached hydrogens (tertiary/aromatic N) is 1. The van der Waals surface area contributed by atoms with Crippen molar-refractivity contribution in [2.24, 2.45) is 0 Å². The van der Waals surface area contributed by atoms with Crippen LogP contribution in [0.5, 0.6) is 0 Å². The molecule has 2 aromatic rings. The molecule has 1 atom stereocenters. The predicted molar refractivity (Wildman–Crippen MR) is 82.0 cm³/mol. The van der Waals surface area contributed by atoms with Gasteiger partial charge in [-0.25, -0.2) is 4.98 Å². The molecule has 0 bridgehead atoms. The quantitative estimate of drug-likeness (QED) is 0.884. The fourth-order valence-electron chi connectivity index (χ4n) is 2.39. The third-order valence-electron chi connectivity index (χ3n) is 3.53. The van der Waals surface area contributed by atoms with Crippen LogP contribution in [0.2, 0.25) is 0 Å². The summed E-state index contributed by atoms with van der Waals surface area (Å²) in [5.74, 6) is 0. The number of methoxy groups -OCH3 is 1. The number of hydrogen-bond acceptors (Lipinski definition) is 4. The molecule has 0 radical (unpaired) electrons. The summed E-state index contributed by atoms with van der Waals surface area (Å²) in [5, 5.41) is 7.00. The molecule has 0 spiro atoms. The summed E-state index contributed by atoms with van der Waals surface area (Å²) in [5.41, 5.74) is 3.62. The summed E-state index contributed by atoms with van der Waals surface area (Å²) in [7, 11) is 1.74. The molecule has 1 fully saturated rings. The first-order valence-corrected chi connectivity index (χ1v) is 7.90. The van der Waals surface area contributed by atoms with Gasteiger partial charge in [-0.15, -0.1) is 11.3 Å². The molecule has 0 aliphatic heterocycles. The Morgan fingerprint density at radius 2 is 2.20 bits per heavy atom. The summed E-state index contributed by atoms with van der Waals surface area (Å²) >= 11 is 1.73. The Morgan fingerprint density at radius 1 is 1.40 bits per heavy atom. The SMILES string of the molecule is COCc1ccccc1C(NC1CC1)c1nc(C)cs1. The second kappa shape index (κ2) is 6.04. The Morgan fingerprint density at radius 3 is 2.85 bits per heavy atom. The van der Waals surface area contributed by atoms with E-state index >= 15 is 0 Å². The summed E-state index contributed by atoms with van der Waals surface area (Å²) in [6, 6.07) is 9.31. The molecule has 1 aliphatic rings. The van der Waals surface area contributed by atoms with Crippen LogP contribution in [0.1, 0.15) is 40.7 Å². The summed E-state index contributed by atoms with van der Waals surface area (Å²) in [6.45, 7) is 2.69. The fraction of sp³-hybridized carbons (Fsp3) is 0.438. The largest absolute Gasteiger partial charge is 0.380 e. The Kier molecular flexibility index (Phi) is 4.15. The van der Waals surface area contributed by atoms with Crippen molar-refractivity contribution in [1.29, 1.82) is 0 Å². The molecule has 0 saturated heterocycles. The highest BCUT2D eigenvalue weighted by Gasteiger charge is 2.28. The van der Waals surface area contributed by atoms with Gasteiger partial charge in [0.25, 0.3) is 0 Å². The van der Waals surface area contributed by atoms with Crippen LogP contribution < -0.4 is 5.32 Å². The lowest BCUT2D eigenvalue weighted by atomic mass is 10.0. The van der Waals surface area contributed by atoms with Crippen molar-refractivity contribution in [3.8, 4) is 0 Å². The van der Waals surface area contributed by atoms with Crippen LogP contribution in [0.4, 0.5) is 0 Å². The van der Waals surface area contributed by atoms with Crippen molar-refractivity contribution < 1.29 is 4.74 Å². The van der Waals surface area contributed by atoms with Crippen LogP contribution >= 0.6 is 11.3 Å². The topological polar surface area (TPSA) is 34.1 Å². The van der Waals surface area contributed by atoms with E-state index in [1.165, 1.54) is 24.0 Å². The van der Waals surface area contributed by atoms with E-state index in [1.54, 1.807) is 18.4 Å². The Labute approximate surface area is 124 Å². The van der Waals surface area contributed by atoms with Crippen LogP contribution in [-0.4, -0.2) is 18.1 Å². The Bertz CT molecular complexity index is 577. The third kappa shape index (κ3) is 3.08. The van der Waals surface area contributed by atoms with Crippen molar-refractivity contribution in [1.82, 2.24) is 10.3 Å². The molecule has 4 heteroatoms. The van der Waals surface area contributed by atoms with Crippen LogP contribution in [0.3, 0.4) is 0 Å². The minimum absolute atomic E-state index is 0.188. The zero-order valence-corrected chi connectivity index (χ0v) is 12.7. The van der Waals surface area contributed by atoms with E-state index in [2.05, 4.69) is 46.9 Å². The molecular formula is C16H20N2OS. The first-order valence-electron chi connectivity index (χ1n) is 7.02. The molecule has 1 aromatic heterocycles. The highest BCUT2D eigenvalue weighted by molar-refractivity contribution is 7.09. The maximum atomic E-state index is 5.34. The number of aromatic nitrogens is 1. The normalized spacial score (nSPS) is 16.3. The van der Waals surface area contributed by atoms with Crippen LogP contribution in [0, 0.1) is 6.92 Å². The molecule has 1 heterocycles. The van der Waals surface area contributed by atoms with Gasteiger partial charge in [0.1, 0.15) is 5.01 Å². The average molecular weight is 288 g/mol. The number of hydrogen-bond donors (Lipinski definition) is 1. The minimum Gasteiger partial charge on any atom is -0.380 e. The van der Waals surface area contributed by atoms with Crippen molar-refractivity contribution in [3.63, 3.8) is 0 Å². The zero-order chi connectivity index (χ0) is 13.9. The molecule has 0 amide bonds. The molecule has 1 aliphatic carbocycles. The van der Waals surface area contributed by atoms with E-state index in [1.807, 2.05) is 0 Å². The first kappa shape index (κ1) is 13.7. The molecule has 1 aromatic carbocycles. The van der Waals surface area contributed by atoms with Crippen molar-refractivity contribution in [3.05, 3.63) is 51.5 Å². The van der Waals surface area contributed by atoms with Crippen LogP contribution in [0.15, 0.2) is 29.6 Å². The van der Waals surface area contributed by atoms with Gasteiger partial charge in [-0.1, -0.05) is 24.3 Å². The zero-order valence-electron chi connectivity index (χ0n) is 11.9. The van der Waals surface area contributed by atoms with E-state index in [0.717, 1.165) is 10.7 Å². The van der Waals surface area contributed by atoms with Gasteiger partial charge in [-0.2, -0.15) is 0 Å². The number of nitrogens with one attached hydrogen (secondary N) is 1. The van der Waals surface area contributed by atoms with Crippen LogP contribution in [0.25, 0.3) is 0 Å². The molecule has 20 heavy (non-hydrogen) atoms. The number of aryl methyl sites for hydroxylation is 1. The van der Waals surface area contributed by atoms with E-state index in [-0.39, 0.29) is 6.04 Å². The highest BCUT2D eigenvalue weighted by Crippen LogP contribution is 2.32. The van der Waals surface area contributed by atoms with Gasteiger partial charge in [0.15, 0.2) is 0 Å². The van der Waals surface area contributed by atoms with E-state index in [9.17, 15) is 0 Å². The molecule has 106 valence electrons. The Balaban J connectivity index is 1.95. The number of benzene rings is 1. The molecular weight excluding hydrogens is 268 g/mol. The van der Waals surface area contributed by atoms with Crippen molar-refractivity contribution >= 4 is 11.3 Å². The number of thiazole rings is 1. The van der Waals surface area contributed by atoms with Gasteiger partial charge < -0.3 is 10.1 Å². The summed E-state index contributed by atoms with van der Waals surface area (Å²) in [4.78, 5) is 4.68. The lowest BCUT2D eigenvalue weighted by Crippen LogP contribution is -2.25. The van der Waals surface area contributed by atoms with E-state index < -0.39 is 0 Å². The first-order chi connectivity index (χ1) is 9.78. The van der Waals surface area contributed by atoms with Gasteiger partial charge in [0.2, 0.25) is 0 Å². The monoisotopic (exact) mass is 288 g/mol. The average Bonchev–Trinajstić information content (AvgIpc) is 3.18. The second-order valence-corrected chi connectivity index (χ2v) is 6.22. The van der Waals surface area contributed by atoms with E-state index in [4.69, 9.17) is 4.74 Å². The number of ether oxygens (including phenoxy) is 1. The molecule has 1 unspecified atom stereocenters. The van der Waals surface area contributed by atoms with Crippen molar-refractivity contribution in [2.75, 3.05) is 7.11 Å². The van der Waals surface area contributed by atoms with Crippen LogP contribution in [-0.2, 0) is 11.3 Å². The molecule has 1 saturated carbocycles. The molecule has 3 rings (SSSR count). The lowest BCUT2D eigenvalue weighted by molar-refractivity contribution is 0.183. The van der Waals surface area contributed by atoms with E-state index in [0.29, 0.717) is 12.6 Å². The van der Waals surface area contributed by atoms with Gasteiger partial charge in [0.05, 0.1) is 12.6 Å². The summed E-state index contributed by atoms with van der Waals surface area (Å²) in [6.07, 6.45) is 2.54. The second-order valence-electron chi connectivity index (χ2n) is 5.33. The van der Waals surface area contributed by atoms with Gasteiger partial charge in [0, 0.05) is 24.2 Å². The van der Waals surface area contributed by atoms with Gasteiger partial charge in [-0.05, 0) is 30.9 Å². The molecule has 1 N–H and O–H groups in total. The fourth-order valence-corrected chi connectivity index (χ4v) is 3.26. The third-order valence-corrected chi connectivity index (χ3v) is 4.56. The molecule has 3 nitrogen and oxygen atoms in total. The van der Waals surface area contributed by atoms with Gasteiger partial charge in [-0.3, -0.25) is 0 Å². The highest BCUT2D eigenvalue weighted by atomic mass is 32.1. The summed E-state index contributed by atoms with van der Waals surface area (Å²) < 4.78 is 5.34. The Hall–Kier alpha value is -1.23. The van der Waals surface area contributed by atoms with Crippen molar-refractivity contribution in [2.45, 2.75) is 38.5 Å². The number of rotatable bonds is 6. The minimum atomic E-state index is 0.188. The predicted octanol–water partition coefficient (Wildman–Crippen LogP) is 3.44. The van der Waals surface area contributed by atoms with Gasteiger partial charge >= 0.3 is 0 Å². The standard InChI is InChI=1S/C16H20N2OS/c1-11-10-20-16(17-11)15(18-13-7-8-13)14-6-4-3-5-12(14)9-19-2/h3-6,10,13,15,18H,7-9H2,1-2H3. The maximum Gasteiger partial charge on any atom is 0.114 e. The smallest absolute Gasteiger partial charge is 0.114 e.